The summed E-state index contributed by atoms with van der Waals surface area (Å²) in [6, 6.07) is 5.17. The number of hydrogen-bond donors (Lipinski definition) is 2. The van der Waals surface area contributed by atoms with Crippen molar-refractivity contribution in [3.63, 3.8) is 0 Å². The molecule has 0 saturated heterocycles. The summed E-state index contributed by atoms with van der Waals surface area (Å²) in [4.78, 5) is 6.81. The second-order valence-electron chi connectivity index (χ2n) is 4.45. The highest BCUT2D eigenvalue weighted by Gasteiger charge is 2.21. The Balaban J connectivity index is 2.05. The standard InChI is InChI=1S/C13H17N3O3S/c1-16(7-4-11-2-5-14-6-3-11)20(18,19)13-8-12(10-17)15-9-13/h2-3,5-6,8-9,15,17H,4,7,10H2,1H3. The number of sulfonamides is 1. The minimum Gasteiger partial charge on any atom is -0.390 e. The van der Waals surface area contributed by atoms with Crippen LogP contribution in [-0.2, 0) is 23.1 Å². The molecular weight excluding hydrogens is 278 g/mol. The number of aromatic nitrogens is 2. The molecule has 2 aromatic heterocycles. The summed E-state index contributed by atoms with van der Waals surface area (Å²) in [5, 5.41) is 8.96. The number of aromatic amines is 1. The van der Waals surface area contributed by atoms with Crippen molar-refractivity contribution >= 4 is 10.0 Å². The molecule has 0 aliphatic carbocycles. The number of pyridine rings is 1. The molecule has 0 saturated carbocycles. The number of aliphatic hydroxyl groups is 1. The van der Waals surface area contributed by atoms with E-state index in [4.69, 9.17) is 5.11 Å². The fraction of sp³-hybridized carbons (Fsp3) is 0.308. The predicted molar refractivity (Wildman–Crippen MR) is 74.5 cm³/mol. The molecule has 2 rings (SSSR count). The second-order valence-corrected chi connectivity index (χ2v) is 6.50. The van der Waals surface area contributed by atoms with E-state index in [1.165, 1.54) is 16.6 Å². The minimum absolute atomic E-state index is 0.166. The van der Waals surface area contributed by atoms with E-state index in [-0.39, 0.29) is 11.5 Å². The Bertz CT molecular complexity index is 653. The van der Waals surface area contributed by atoms with Crippen molar-refractivity contribution in [2.24, 2.45) is 0 Å². The van der Waals surface area contributed by atoms with Gasteiger partial charge in [0.15, 0.2) is 0 Å². The van der Waals surface area contributed by atoms with Gasteiger partial charge in [0.25, 0.3) is 0 Å². The summed E-state index contributed by atoms with van der Waals surface area (Å²) in [6.07, 6.45) is 5.38. The zero-order valence-electron chi connectivity index (χ0n) is 11.2. The van der Waals surface area contributed by atoms with E-state index in [2.05, 4.69) is 9.97 Å². The molecule has 0 amide bonds. The van der Waals surface area contributed by atoms with E-state index in [0.29, 0.717) is 18.7 Å². The third-order valence-electron chi connectivity index (χ3n) is 3.06. The molecule has 0 bridgehead atoms. The lowest BCUT2D eigenvalue weighted by Gasteiger charge is -2.16. The lowest BCUT2D eigenvalue weighted by atomic mass is 10.2. The zero-order valence-corrected chi connectivity index (χ0v) is 12.0. The first-order chi connectivity index (χ1) is 9.54. The summed E-state index contributed by atoms with van der Waals surface area (Å²) in [6.45, 7) is 0.169. The SMILES string of the molecule is CN(CCc1ccncc1)S(=O)(=O)c1c[nH]c(CO)c1. The fourth-order valence-corrected chi connectivity index (χ4v) is 2.99. The summed E-state index contributed by atoms with van der Waals surface area (Å²) < 4.78 is 25.9. The molecule has 7 heteroatoms. The Kier molecular flexibility index (Phi) is 4.53. The maximum Gasteiger partial charge on any atom is 0.244 e. The van der Waals surface area contributed by atoms with Gasteiger partial charge < -0.3 is 10.1 Å². The fourth-order valence-electron chi connectivity index (χ4n) is 1.80. The number of rotatable bonds is 6. The lowest BCUT2D eigenvalue weighted by molar-refractivity contribution is 0.277. The van der Waals surface area contributed by atoms with Crippen LogP contribution in [0.2, 0.25) is 0 Å². The van der Waals surface area contributed by atoms with Crippen LogP contribution < -0.4 is 0 Å². The van der Waals surface area contributed by atoms with E-state index in [1.807, 2.05) is 12.1 Å². The Morgan fingerprint density at radius 1 is 1.35 bits per heavy atom. The van der Waals surface area contributed by atoms with Crippen LogP contribution in [0.5, 0.6) is 0 Å². The van der Waals surface area contributed by atoms with Gasteiger partial charge in [-0.15, -0.1) is 0 Å². The Morgan fingerprint density at radius 2 is 2.05 bits per heavy atom. The molecule has 6 nitrogen and oxygen atoms in total. The van der Waals surface area contributed by atoms with Crippen LogP contribution in [0.4, 0.5) is 0 Å². The smallest absolute Gasteiger partial charge is 0.244 e. The van der Waals surface area contributed by atoms with Gasteiger partial charge >= 0.3 is 0 Å². The number of aliphatic hydroxyl groups excluding tert-OH is 1. The van der Waals surface area contributed by atoms with Crippen LogP contribution in [0.3, 0.4) is 0 Å². The molecule has 2 aromatic rings. The summed E-state index contributed by atoms with van der Waals surface area (Å²) in [5.41, 5.74) is 1.51. The normalized spacial score (nSPS) is 11.9. The van der Waals surface area contributed by atoms with E-state index in [0.717, 1.165) is 5.56 Å². The first-order valence-electron chi connectivity index (χ1n) is 6.17. The van der Waals surface area contributed by atoms with Crippen LogP contribution in [0.25, 0.3) is 0 Å². The monoisotopic (exact) mass is 295 g/mol. The van der Waals surface area contributed by atoms with Crippen molar-refractivity contribution in [3.8, 4) is 0 Å². The molecule has 108 valence electrons. The van der Waals surface area contributed by atoms with Crippen LogP contribution in [-0.4, -0.2) is 41.4 Å². The first kappa shape index (κ1) is 14.7. The molecule has 0 aromatic carbocycles. The number of likely N-dealkylation sites (N-methyl/N-ethyl adjacent to an activating group) is 1. The van der Waals surface area contributed by atoms with Gasteiger partial charge in [0.2, 0.25) is 10.0 Å². The van der Waals surface area contributed by atoms with Gasteiger partial charge in [0.05, 0.1) is 11.5 Å². The van der Waals surface area contributed by atoms with E-state index in [9.17, 15) is 8.42 Å². The van der Waals surface area contributed by atoms with Crippen LogP contribution in [0.1, 0.15) is 11.3 Å². The Labute approximate surface area is 118 Å². The first-order valence-corrected chi connectivity index (χ1v) is 7.61. The van der Waals surface area contributed by atoms with Crippen molar-refractivity contribution in [2.75, 3.05) is 13.6 Å². The van der Waals surface area contributed by atoms with Crippen molar-refractivity contribution in [1.29, 1.82) is 0 Å². The van der Waals surface area contributed by atoms with Gasteiger partial charge in [-0.1, -0.05) is 0 Å². The van der Waals surface area contributed by atoms with Crippen LogP contribution in [0, 0.1) is 0 Å². The lowest BCUT2D eigenvalue weighted by Crippen LogP contribution is -2.28. The molecule has 0 aliphatic rings. The number of H-pyrrole nitrogens is 1. The van der Waals surface area contributed by atoms with Crippen LogP contribution >= 0.6 is 0 Å². The molecule has 0 radical (unpaired) electrons. The van der Waals surface area contributed by atoms with E-state index < -0.39 is 10.0 Å². The highest BCUT2D eigenvalue weighted by molar-refractivity contribution is 7.89. The maximum absolute atomic E-state index is 12.3. The highest BCUT2D eigenvalue weighted by Crippen LogP contribution is 2.16. The minimum atomic E-state index is -3.52. The average molecular weight is 295 g/mol. The molecule has 2 heterocycles. The average Bonchev–Trinajstić information content (AvgIpc) is 2.95. The quantitative estimate of drug-likeness (QED) is 0.824. The zero-order chi connectivity index (χ0) is 14.6. The Morgan fingerprint density at radius 3 is 2.65 bits per heavy atom. The van der Waals surface area contributed by atoms with E-state index in [1.54, 1.807) is 19.4 Å². The predicted octanol–water partition coefficient (Wildman–Crippen LogP) is 0.765. The van der Waals surface area contributed by atoms with Crippen molar-refractivity contribution in [2.45, 2.75) is 17.9 Å². The van der Waals surface area contributed by atoms with Gasteiger partial charge in [-0.2, -0.15) is 0 Å². The topological polar surface area (TPSA) is 86.3 Å². The van der Waals surface area contributed by atoms with Gasteiger partial charge in [-0.3, -0.25) is 4.98 Å². The summed E-state index contributed by atoms with van der Waals surface area (Å²) in [5.74, 6) is 0. The highest BCUT2D eigenvalue weighted by atomic mass is 32.2. The number of nitrogens with one attached hydrogen (secondary N) is 1. The molecule has 0 fully saturated rings. The molecular formula is C13H17N3O3S. The number of nitrogens with zero attached hydrogens (tertiary/aromatic N) is 2. The molecule has 0 atom stereocenters. The molecule has 20 heavy (non-hydrogen) atoms. The third-order valence-corrected chi connectivity index (χ3v) is 4.89. The van der Waals surface area contributed by atoms with Crippen LogP contribution in [0.15, 0.2) is 41.7 Å². The second kappa shape index (κ2) is 6.17. The molecule has 0 spiro atoms. The number of hydrogen-bond acceptors (Lipinski definition) is 4. The molecule has 0 aliphatic heterocycles. The van der Waals surface area contributed by atoms with E-state index >= 15 is 0 Å². The largest absolute Gasteiger partial charge is 0.390 e. The van der Waals surface area contributed by atoms with Gasteiger partial charge in [-0.25, -0.2) is 12.7 Å². The summed E-state index contributed by atoms with van der Waals surface area (Å²) in [7, 11) is -1.98. The third kappa shape index (κ3) is 3.24. The van der Waals surface area contributed by atoms with Gasteiger partial charge in [-0.05, 0) is 30.2 Å². The van der Waals surface area contributed by atoms with Gasteiger partial charge in [0.1, 0.15) is 0 Å². The maximum atomic E-state index is 12.3. The van der Waals surface area contributed by atoms with Gasteiger partial charge in [0, 0.05) is 37.9 Å². The molecule has 0 unspecified atom stereocenters. The van der Waals surface area contributed by atoms with Crippen molar-refractivity contribution in [3.05, 3.63) is 48.0 Å². The molecule has 2 N–H and O–H groups in total. The van der Waals surface area contributed by atoms with Crippen molar-refractivity contribution < 1.29 is 13.5 Å². The summed E-state index contributed by atoms with van der Waals surface area (Å²) >= 11 is 0. The van der Waals surface area contributed by atoms with Crippen molar-refractivity contribution in [1.82, 2.24) is 14.3 Å². The Hall–Kier alpha value is -1.70.